The van der Waals surface area contributed by atoms with E-state index in [1.165, 1.54) is 63.0 Å². The first kappa shape index (κ1) is 22.1. The zero-order valence-corrected chi connectivity index (χ0v) is 14.7. The van der Waals surface area contributed by atoms with E-state index in [2.05, 4.69) is 32.1 Å². The van der Waals surface area contributed by atoms with Gasteiger partial charge in [-0.2, -0.15) is 0 Å². The number of hydrogen-bond donors (Lipinski definition) is 0. The Hall–Kier alpha value is -0.170. The van der Waals surface area contributed by atoms with Crippen LogP contribution in [0.5, 0.6) is 0 Å². The molecule has 0 atom stereocenters. The smallest absolute Gasteiger partial charge is 0.217 e. The third-order valence-electron chi connectivity index (χ3n) is 3.24. The lowest BCUT2D eigenvalue weighted by Crippen LogP contribution is -2.39. The van der Waals surface area contributed by atoms with Crippen LogP contribution in [0.3, 0.4) is 0 Å². The average Bonchev–Trinajstić information content (AvgIpc) is 2.33. The SMILES string of the molecule is CCCCCCCC[N+](C)(C)CC.CCOS(=O)(=O)[O-]. The summed E-state index contributed by atoms with van der Waals surface area (Å²) >= 11 is 0. The lowest BCUT2D eigenvalue weighted by Gasteiger charge is -2.28. The number of rotatable bonds is 10. The van der Waals surface area contributed by atoms with E-state index in [0.29, 0.717) is 0 Å². The third kappa shape index (κ3) is 20.2. The monoisotopic (exact) mass is 311 g/mol. The Bertz CT molecular complexity index is 302. The molecule has 124 valence electrons. The molecule has 0 aliphatic heterocycles. The molecular weight excluding hydrogens is 278 g/mol. The van der Waals surface area contributed by atoms with Crippen molar-refractivity contribution >= 4 is 10.4 Å². The van der Waals surface area contributed by atoms with Crippen LogP contribution in [0.4, 0.5) is 0 Å². The first-order valence-corrected chi connectivity index (χ1v) is 8.94. The molecule has 0 heterocycles. The van der Waals surface area contributed by atoms with Gasteiger partial charge in [-0.05, 0) is 26.7 Å². The van der Waals surface area contributed by atoms with Crippen molar-refractivity contribution in [2.45, 2.75) is 59.3 Å². The third-order valence-corrected chi connectivity index (χ3v) is 3.76. The summed E-state index contributed by atoms with van der Waals surface area (Å²) in [7, 11) is 0.227. The zero-order chi connectivity index (χ0) is 16.1. The lowest BCUT2D eigenvalue weighted by molar-refractivity contribution is -0.888. The van der Waals surface area contributed by atoms with Gasteiger partial charge in [0.1, 0.15) is 0 Å². The van der Waals surface area contributed by atoms with Crippen LogP contribution in [0.15, 0.2) is 0 Å². The Labute approximate surface area is 125 Å². The second-order valence-corrected chi connectivity index (χ2v) is 6.61. The highest BCUT2D eigenvalue weighted by molar-refractivity contribution is 7.80. The van der Waals surface area contributed by atoms with E-state index in [1.807, 2.05) is 0 Å². The zero-order valence-electron chi connectivity index (χ0n) is 13.9. The topological polar surface area (TPSA) is 66.4 Å². The molecule has 0 fully saturated rings. The van der Waals surface area contributed by atoms with Crippen LogP contribution in [0.25, 0.3) is 0 Å². The van der Waals surface area contributed by atoms with E-state index in [-0.39, 0.29) is 6.61 Å². The number of nitrogens with zero attached hydrogens (tertiary/aromatic N) is 1. The largest absolute Gasteiger partial charge is 0.726 e. The molecule has 20 heavy (non-hydrogen) atoms. The molecule has 0 aliphatic rings. The van der Waals surface area contributed by atoms with Crippen LogP contribution >= 0.6 is 0 Å². The average molecular weight is 311 g/mol. The van der Waals surface area contributed by atoms with Crippen LogP contribution in [0.1, 0.15) is 59.3 Å². The minimum absolute atomic E-state index is 0.0914. The Morgan fingerprint density at radius 2 is 1.45 bits per heavy atom. The van der Waals surface area contributed by atoms with Crippen LogP contribution in [0.2, 0.25) is 0 Å². The molecule has 0 aromatic heterocycles. The first-order valence-electron chi connectivity index (χ1n) is 7.60. The van der Waals surface area contributed by atoms with Crippen molar-refractivity contribution in [1.82, 2.24) is 0 Å². The molecule has 6 heteroatoms. The molecule has 5 nitrogen and oxygen atoms in total. The van der Waals surface area contributed by atoms with Gasteiger partial charge in [0.2, 0.25) is 10.4 Å². The van der Waals surface area contributed by atoms with Crippen LogP contribution in [-0.2, 0) is 14.6 Å². The quantitative estimate of drug-likeness (QED) is 0.269. The van der Waals surface area contributed by atoms with E-state index in [1.54, 1.807) is 0 Å². The number of unbranched alkanes of at least 4 members (excludes halogenated alkanes) is 5. The van der Waals surface area contributed by atoms with Gasteiger partial charge in [-0.3, -0.25) is 4.18 Å². The molecule has 0 rings (SSSR count). The van der Waals surface area contributed by atoms with Gasteiger partial charge in [-0.25, -0.2) is 8.42 Å². The van der Waals surface area contributed by atoms with E-state index in [0.717, 1.165) is 0 Å². The van der Waals surface area contributed by atoms with E-state index >= 15 is 0 Å². The Kier molecular flexibility index (Phi) is 13.9. The van der Waals surface area contributed by atoms with Crippen molar-refractivity contribution in [2.24, 2.45) is 0 Å². The fourth-order valence-corrected chi connectivity index (χ4v) is 1.91. The molecule has 0 N–H and O–H groups in total. The number of hydrogen-bond acceptors (Lipinski definition) is 4. The van der Waals surface area contributed by atoms with Gasteiger partial charge in [0.25, 0.3) is 0 Å². The molecule has 0 saturated heterocycles. The van der Waals surface area contributed by atoms with Crippen molar-refractivity contribution in [3.63, 3.8) is 0 Å². The fraction of sp³-hybridized carbons (Fsp3) is 1.00. The molecule has 0 aromatic rings. The minimum atomic E-state index is -4.42. The van der Waals surface area contributed by atoms with E-state index in [9.17, 15) is 13.0 Å². The molecule has 0 aromatic carbocycles. The fourth-order valence-electron chi connectivity index (χ4n) is 1.62. The number of quaternary nitrogens is 1. The molecule has 0 aliphatic carbocycles. The summed E-state index contributed by atoms with van der Waals surface area (Å²) in [6, 6.07) is 0. The van der Waals surface area contributed by atoms with Crippen LogP contribution in [-0.4, -0.2) is 51.2 Å². The first-order chi connectivity index (χ1) is 9.18. The second-order valence-electron chi connectivity index (χ2n) is 5.56. The van der Waals surface area contributed by atoms with Gasteiger partial charge >= 0.3 is 0 Å². The highest BCUT2D eigenvalue weighted by Gasteiger charge is 2.09. The summed E-state index contributed by atoms with van der Waals surface area (Å²) in [6.07, 6.45) is 8.50. The Morgan fingerprint density at radius 1 is 0.950 bits per heavy atom. The van der Waals surface area contributed by atoms with Crippen LogP contribution < -0.4 is 0 Å². The summed E-state index contributed by atoms with van der Waals surface area (Å²) in [5, 5.41) is 0. The molecule has 0 bridgehead atoms. The van der Waals surface area contributed by atoms with Gasteiger partial charge in [0.05, 0.1) is 33.8 Å². The standard InChI is InChI=1S/C12H28N.C2H6O4S/c1-5-7-8-9-10-11-12-13(3,4)6-2;1-2-6-7(3,4)5/h5-12H2,1-4H3;2H2,1H3,(H,3,4,5)/q+1;/p-1. The Balaban J connectivity index is 0. The van der Waals surface area contributed by atoms with E-state index in [4.69, 9.17) is 0 Å². The van der Waals surface area contributed by atoms with Gasteiger partial charge < -0.3 is 9.04 Å². The normalized spacial score (nSPS) is 11.9. The maximum Gasteiger partial charge on any atom is 0.217 e. The molecular formula is C14H33NO4S. The predicted octanol–water partition coefficient (Wildman–Crippen LogP) is 2.93. The van der Waals surface area contributed by atoms with E-state index < -0.39 is 10.4 Å². The summed E-state index contributed by atoms with van der Waals surface area (Å²) in [4.78, 5) is 0. The van der Waals surface area contributed by atoms with Gasteiger partial charge in [0.15, 0.2) is 0 Å². The molecule has 0 amide bonds. The summed E-state index contributed by atoms with van der Waals surface area (Å²) in [5.41, 5.74) is 0. The van der Waals surface area contributed by atoms with Crippen molar-refractivity contribution in [2.75, 3.05) is 33.8 Å². The van der Waals surface area contributed by atoms with Crippen LogP contribution in [0, 0.1) is 0 Å². The maximum absolute atomic E-state index is 9.45. The van der Waals surface area contributed by atoms with Crippen molar-refractivity contribution in [1.29, 1.82) is 0 Å². The van der Waals surface area contributed by atoms with Crippen molar-refractivity contribution in [3.8, 4) is 0 Å². The van der Waals surface area contributed by atoms with Gasteiger partial charge in [-0.15, -0.1) is 0 Å². The predicted molar refractivity (Wildman–Crippen MR) is 82.2 cm³/mol. The minimum Gasteiger partial charge on any atom is -0.726 e. The van der Waals surface area contributed by atoms with Gasteiger partial charge in [0, 0.05) is 0 Å². The lowest BCUT2D eigenvalue weighted by atomic mass is 10.1. The van der Waals surface area contributed by atoms with Crippen molar-refractivity contribution in [3.05, 3.63) is 0 Å². The highest BCUT2D eigenvalue weighted by Crippen LogP contribution is 2.07. The maximum atomic E-state index is 9.45. The van der Waals surface area contributed by atoms with Crippen molar-refractivity contribution < 1.29 is 21.6 Å². The summed E-state index contributed by atoms with van der Waals surface area (Å²) in [5.74, 6) is 0. The summed E-state index contributed by atoms with van der Waals surface area (Å²) in [6.45, 7) is 8.49. The second kappa shape index (κ2) is 12.6. The molecule has 0 saturated carbocycles. The summed E-state index contributed by atoms with van der Waals surface area (Å²) < 4.78 is 33.2. The molecule has 0 radical (unpaired) electrons. The van der Waals surface area contributed by atoms with Gasteiger partial charge in [-0.1, -0.05) is 32.6 Å². The highest BCUT2D eigenvalue weighted by atomic mass is 32.3. The molecule has 0 unspecified atom stereocenters. The molecule has 0 spiro atoms. The Morgan fingerprint density at radius 3 is 1.80 bits per heavy atom.